The first kappa shape index (κ1) is 10.2. The number of aromatic nitrogens is 1. The van der Waals surface area contributed by atoms with E-state index >= 15 is 0 Å². The van der Waals surface area contributed by atoms with Gasteiger partial charge in [-0.2, -0.15) is 0 Å². The van der Waals surface area contributed by atoms with Gasteiger partial charge in [-0.1, -0.05) is 6.92 Å². The number of nitrogens with one attached hydrogen (secondary N) is 1. The predicted molar refractivity (Wildman–Crippen MR) is 67.4 cm³/mol. The molecule has 2 unspecified atom stereocenters. The Morgan fingerprint density at radius 3 is 3.00 bits per heavy atom. The Morgan fingerprint density at radius 1 is 1.50 bits per heavy atom. The van der Waals surface area contributed by atoms with Crippen LogP contribution in [0.15, 0.2) is 18.3 Å². The van der Waals surface area contributed by atoms with Crippen molar-refractivity contribution in [2.24, 2.45) is 5.92 Å². The van der Waals surface area contributed by atoms with Gasteiger partial charge in [0.2, 0.25) is 0 Å². The topological polar surface area (TPSA) is 24.9 Å². The standard InChI is InChI=1S/C11H15IN2/c1-8-4-5-9(7-8)14-11-10(12)3-2-6-13-11/h2-3,6,8-9H,4-5,7H2,1H3,(H,13,14). The molecule has 1 saturated carbocycles. The third-order valence-corrected chi connectivity index (χ3v) is 3.66. The van der Waals surface area contributed by atoms with Gasteiger partial charge in [0, 0.05) is 12.2 Å². The van der Waals surface area contributed by atoms with Crippen molar-refractivity contribution in [2.75, 3.05) is 5.32 Å². The number of rotatable bonds is 2. The molecule has 1 fully saturated rings. The summed E-state index contributed by atoms with van der Waals surface area (Å²) in [6.07, 6.45) is 5.77. The highest BCUT2D eigenvalue weighted by atomic mass is 127. The van der Waals surface area contributed by atoms with Gasteiger partial charge in [-0.3, -0.25) is 0 Å². The number of halogens is 1. The average molecular weight is 302 g/mol. The Balaban J connectivity index is 2.01. The van der Waals surface area contributed by atoms with Gasteiger partial charge < -0.3 is 5.32 Å². The molecule has 0 amide bonds. The molecule has 0 saturated heterocycles. The number of nitrogens with zero attached hydrogens (tertiary/aromatic N) is 1. The normalized spacial score (nSPS) is 26.4. The van der Waals surface area contributed by atoms with Gasteiger partial charge in [0.25, 0.3) is 0 Å². The quantitative estimate of drug-likeness (QED) is 0.848. The zero-order chi connectivity index (χ0) is 9.97. The highest BCUT2D eigenvalue weighted by Crippen LogP contribution is 2.27. The second-order valence-corrected chi connectivity index (χ2v) is 5.26. The van der Waals surface area contributed by atoms with Gasteiger partial charge in [-0.15, -0.1) is 0 Å². The van der Waals surface area contributed by atoms with Crippen molar-refractivity contribution >= 4 is 28.4 Å². The van der Waals surface area contributed by atoms with Crippen LogP contribution in [0, 0.1) is 9.49 Å². The van der Waals surface area contributed by atoms with Gasteiger partial charge in [-0.05, 0) is 59.9 Å². The summed E-state index contributed by atoms with van der Waals surface area (Å²) in [5.41, 5.74) is 0. The van der Waals surface area contributed by atoms with E-state index in [9.17, 15) is 0 Å². The van der Waals surface area contributed by atoms with Crippen LogP contribution in [-0.4, -0.2) is 11.0 Å². The highest BCUT2D eigenvalue weighted by Gasteiger charge is 2.21. The van der Waals surface area contributed by atoms with Crippen molar-refractivity contribution in [3.05, 3.63) is 21.9 Å². The summed E-state index contributed by atoms with van der Waals surface area (Å²) < 4.78 is 1.21. The Morgan fingerprint density at radius 2 is 2.36 bits per heavy atom. The molecule has 1 aliphatic carbocycles. The van der Waals surface area contributed by atoms with Crippen molar-refractivity contribution in [3.8, 4) is 0 Å². The molecule has 1 aromatic rings. The van der Waals surface area contributed by atoms with Crippen molar-refractivity contribution in [1.29, 1.82) is 0 Å². The molecule has 3 heteroatoms. The molecule has 0 bridgehead atoms. The fourth-order valence-corrected chi connectivity index (χ4v) is 2.53. The molecule has 14 heavy (non-hydrogen) atoms. The fraction of sp³-hybridized carbons (Fsp3) is 0.545. The molecule has 1 N–H and O–H groups in total. The van der Waals surface area contributed by atoms with Crippen molar-refractivity contribution < 1.29 is 0 Å². The van der Waals surface area contributed by atoms with Crippen LogP contribution < -0.4 is 5.32 Å². The predicted octanol–water partition coefficient (Wildman–Crippen LogP) is 3.29. The lowest BCUT2D eigenvalue weighted by atomic mass is 10.1. The van der Waals surface area contributed by atoms with E-state index in [0.29, 0.717) is 6.04 Å². The molecule has 2 rings (SSSR count). The first-order valence-electron chi connectivity index (χ1n) is 5.13. The molecule has 2 nitrogen and oxygen atoms in total. The summed E-state index contributed by atoms with van der Waals surface area (Å²) in [5, 5.41) is 3.52. The van der Waals surface area contributed by atoms with E-state index < -0.39 is 0 Å². The SMILES string of the molecule is CC1CCC(Nc2ncccc2I)C1. The third kappa shape index (κ3) is 2.38. The van der Waals surface area contributed by atoms with E-state index in [1.54, 1.807) is 0 Å². The monoisotopic (exact) mass is 302 g/mol. The van der Waals surface area contributed by atoms with Crippen LogP contribution in [0.1, 0.15) is 26.2 Å². The average Bonchev–Trinajstić information content (AvgIpc) is 2.56. The summed E-state index contributed by atoms with van der Waals surface area (Å²) in [5.74, 6) is 1.92. The number of hydrogen-bond acceptors (Lipinski definition) is 2. The molecule has 2 atom stereocenters. The largest absolute Gasteiger partial charge is 0.366 e. The Labute approximate surface area is 98.6 Å². The van der Waals surface area contributed by atoms with Crippen molar-refractivity contribution in [1.82, 2.24) is 4.98 Å². The molecule has 1 heterocycles. The molecule has 0 spiro atoms. The zero-order valence-electron chi connectivity index (χ0n) is 8.33. The van der Waals surface area contributed by atoms with Crippen molar-refractivity contribution in [2.45, 2.75) is 32.2 Å². The lowest BCUT2D eigenvalue weighted by molar-refractivity contribution is 0.602. The van der Waals surface area contributed by atoms with Crippen LogP contribution in [0.2, 0.25) is 0 Å². The van der Waals surface area contributed by atoms with Crippen LogP contribution in [0.3, 0.4) is 0 Å². The van der Waals surface area contributed by atoms with Crippen LogP contribution in [0.5, 0.6) is 0 Å². The molecule has 76 valence electrons. The van der Waals surface area contributed by atoms with Gasteiger partial charge in [0.05, 0.1) is 3.57 Å². The van der Waals surface area contributed by atoms with E-state index in [0.717, 1.165) is 11.7 Å². The lowest BCUT2D eigenvalue weighted by Gasteiger charge is -2.13. The molecule has 1 aliphatic rings. The minimum absolute atomic E-state index is 0.633. The van der Waals surface area contributed by atoms with E-state index in [4.69, 9.17) is 0 Å². The lowest BCUT2D eigenvalue weighted by Crippen LogP contribution is -2.16. The third-order valence-electron chi connectivity index (χ3n) is 2.79. The van der Waals surface area contributed by atoms with E-state index in [1.807, 2.05) is 12.3 Å². The van der Waals surface area contributed by atoms with E-state index in [-0.39, 0.29) is 0 Å². The van der Waals surface area contributed by atoms with Crippen molar-refractivity contribution in [3.63, 3.8) is 0 Å². The second kappa shape index (κ2) is 4.47. The molecule has 0 radical (unpaired) electrons. The van der Waals surface area contributed by atoms with Gasteiger partial charge >= 0.3 is 0 Å². The molecular formula is C11H15IN2. The summed E-state index contributed by atoms with van der Waals surface area (Å²) in [7, 11) is 0. The first-order valence-corrected chi connectivity index (χ1v) is 6.20. The van der Waals surface area contributed by atoms with Crippen LogP contribution in [0.25, 0.3) is 0 Å². The molecule has 1 aromatic heterocycles. The summed E-state index contributed by atoms with van der Waals surface area (Å²) >= 11 is 2.33. The van der Waals surface area contributed by atoms with Crippen LogP contribution in [0.4, 0.5) is 5.82 Å². The molecular weight excluding hydrogens is 287 g/mol. The van der Waals surface area contributed by atoms with E-state index in [2.05, 4.69) is 45.9 Å². The van der Waals surface area contributed by atoms with Gasteiger partial charge in [-0.25, -0.2) is 4.98 Å². The zero-order valence-corrected chi connectivity index (χ0v) is 10.5. The second-order valence-electron chi connectivity index (χ2n) is 4.09. The highest BCUT2D eigenvalue weighted by molar-refractivity contribution is 14.1. The molecule has 0 aliphatic heterocycles. The first-order chi connectivity index (χ1) is 6.75. The summed E-state index contributed by atoms with van der Waals surface area (Å²) in [6.45, 7) is 2.32. The number of hydrogen-bond donors (Lipinski definition) is 1. The Hall–Kier alpha value is -0.320. The van der Waals surface area contributed by atoms with Crippen LogP contribution in [-0.2, 0) is 0 Å². The Kier molecular flexibility index (Phi) is 3.26. The minimum atomic E-state index is 0.633. The number of anilines is 1. The van der Waals surface area contributed by atoms with Gasteiger partial charge in [0.15, 0.2) is 0 Å². The minimum Gasteiger partial charge on any atom is -0.366 e. The fourth-order valence-electron chi connectivity index (χ4n) is 2.02. The summed E-state index contributed by atoms with van der Waals surface area (Å²) in [6, 6.07) is 4.70. The molecule has 0 aromatic carbocycles. The Bertz CT molecular complexity index is 314. The van der Waals surface area contributed by atoms with Gasteiger partial charge in [0.1, 0.15) is 5.82 Å². The van der Waals surface area contributed by atoms with E-state index in [1.165, 1.54) is 22.8 Å². The maximum Gasteiger partial charge on any atom is 0.139 e. The summed E-state index contributed by atoms with van der Waals surface area (Å²) in [4.78, 5) is 4.35. The van der Waals surface area contributed by atoms with Crippen LogP contribution >= 0.6 is 22.6 Å². The number of pyridine rings is 1. The maximum atomic E-state index is 4.35. The maximum absolute atomic E-state index is 4.35. The smallest absolute Gasteiger partial charge is 0.139 e.